The molecule has 0 bridgehead atoms. The second-order valence-electron chi connectivity index (χ2n) is 10.1. The highest BCUT2D eigenvalue weighted by Crippen LogP contribution is 2.37. The highest BCUT2D eigenvalue weighted by molar-refractivity contribution is 7.98. The van der Waals surface area contributed by atoms with E-state index >= 15 is 0 Å². The Kier molecular flexibility index (Phi) is 11.9. The fourth-order valence-corrected chi connectivity index (χ4v) is 5.48. The van der Waals surface area contributed by atoms with E-state index in [0.29, 0.717) is 19.4 Å². The van der Waals surface area contributed by atoms with Gasteiger partial charge >= 0.3 is 0 Å². The number of benzene rings is 3. The van der Waals surface area contributed by atoms with Gasteiger partial charge in [-0.05, 0) is 66.0 Å². The van der Waals surface area contributed by atoms with E-state index in [1.807, 2.05) is 60.7 Å². The van der Waals surface area contributed by atoms with Crippen molar-refractivity contribution in [2.75, 3.05) is 25.7 Å². The number of methoxy groups -OCH3 is 1. The van der Waals surface area contributed by atoms with E-state index in [2.05, 4.69) is 61.1 Å². The molecule has 2 N–H and O–H groups in total. The van der Waals surface area contributed by atoms with Crippen molar-refractivity contribution >= 4 is 17.7 Å². The van der Waals surface area contributed by atoms with Crippen LogP contribution in [-0.2, 0) is 10.2 Å². The molecule has 0 spiro atoms. The summed E-state index contributed by atoms with van der Waals surface area (Å²) in [7, 11) is 1.64. The topological polar surface area (TPSA) is 74.1 Å². The molecule has 206 valence electrons. The maximum Gasteiger partial charge on any atom is 0.237 e. The minimum atomic E-state index is -0.626. The van der Waals surface area contributed by atoms with Crippen LogP contribution < -0.4 is 15.4 Å². The number of ether oxygens (including phenoxy) is 1. The van der Waals surface area contributed by atoms with Gasteiger partial charge in [-0.25, -0.2) is 0 Å². The maximum absolute atomic E-state index is 13.5. The van der Waals surface area contributed by atoms with Crippen molar-refractivity contribution in [3.8, 4) is 11.8 Å². The van der Waals surface area contributed by atoms with Gasteiger partial charge in [0.2, 0.25) is 5.91 Å². The predicted molar refractivity (Wildman–Crippen MR) is 162 cm³/mol. The molecular weight excluding hydrogens is 502 g/mol. The number of nitrogens with one attached hydrogen (secondary N) is 2. The molecule has 0 saturated heterocycles. The number of rotatable bonds is 15. The lowest BCUT2D eigenvalue weighted by Crippen LogP contribution is -2.46. The molecule has 0 fully saturated rings. The van der Waals surface area contributed by atoms with Crippen LogP contribution in [0.4, 0.5) is 0 Å². The lowest BCUT2D eigenvalue weighted by Gasteiger charge is -2.32. The van der Waals surface area contributed by atoms with Gasteiger partial charge < -0.3 is 10.1 Å². The van der Waals surface area contributed by atoms with Crippen LogP contribution >= 0.6 is 11.8 Å². The van der Waals surface area contributed by atoms with Crippen molar-refractivity contribution in [3.05, 3.63) is 102 Å². The first-order chi connectivity index (χ1) is 18.9. The highest BCUT2D eigenvalue weighted by atomic mass is 32.2. The molecule has 3 aromatic rings. The van der Waals surface area contributed by atoms with Crippen LogP contribution in [0.3, 0.4) is 0 Å². The summed E-state index contributed by atoms with van der Waals surface area (Å²) in [6, 6.07) is 30.5. The Morgan fingerprint density at radius 1 is 0.974 bits per heavy atom. The van der Waals surface area contributed by atoms with Gasteiger partial charge in [0, 0.05) is 6.54 Å². The van der Waals surface area contributed by atoms with Gasteiger partial charge in [-0.15, -0.1) is 0 Å². The average molecular weight is 544 g/mol. The zero-order chi connectivity index (χ0) is 28.1. The third-order valence-corrected chi connectivity index (χ3v) is 8.04. The van der Waals surface area contributed by atoms with Gasteiger partial charge in [0.15, 0.2) is 0 Å². The van der Waals surface area contributed by atoms with Crippen molar-refractivity contribution in [1.29, 1.82) is 5.26 Å². The van der Waals surface area contributed by atoms with Crippen LogP contribution in [0, 0.1) is 17.2 Å². The van der Waals surface area contributed by atoms with Crippen LogP contribution in [0.15, 0.2) is 84.9 Å². The quantitative estimate of drug-likeness (QED) is 0.214. The smallest absolute Gasteiger partial charge is 0.237 e. The molecule has 3 aromatic carbocycles. The number of carbonyl (C=O) groups excluding carboxylic acids is 1. The number of amides is 1. The molecular formula is C33H41N3O2S. The first-order valence-corrected chi connectivity index (χ1v) is 15.0. The zero-order valence-corrected chi connectivity index (χ0v) is 24.3. The molecule has 0 heterocycles. The summed E-state index contributed by atoms with van der Waals surface area (Å²) in [5.74, 6) is 1.77. The molecule has 2 atom stereocenters. The van der Waals surface area contributed by atoms with Crippen LogP contribution in [0.25, 0.3) is 0 Å². The van der Waals surface area contributed by atoms with Crippen molar-refractivity contribution < 1.29 is 9.53 Å². The fourth-order valence-electron chi connectivity index (χ4n) is 5.01. The average Bonchev–Trinajstić information content (AvgIpc) is 2.98. The number of thioether (sulfide) groups is 1. The minimum absolute atomic E-state index is 0.00235. The Balaban J connectivity index is 1.69. The van der Waals surface area contributed by atoms with Crippen molar-refractivity contribution in [2.24, 2.45) is 5.92 Å². The molecule has 0 aliphatic rings. The van der Waals surface area contributed by atoms with Crippen molar-refractivity contribution in [3.63, 3.8) is 0 Å². The first kappa shape index (κ1) is 30.3. The van der Waals surface area contributed by atoms with Crippen LogP contribution in [0.1, 0.15) is 55.8 Å². The van der Waals surface area contributed by atoms with Crippen LogP contribution in [-0.4, -0.2) is 37.6 Å². The molecule has 0 radical (unpaired) electrons. The highest BCUT2D eigenvalue weighted by Gasteiger charge is 2.35. The van der Waals surface area contributed by atoms with E-state index in [-0.39, 0.29) is 23.9 Å². The third-order valence-electron chi connectivity index (χ3n) is 7.40. The van der Waals surface area contributed by atoms with Crippen molar-refractivity contribution in [1.82, 2.24) is 10.6 Å². The van der Waals surface area contributed by atoms with Crippen LogP contribution in [0.5, 0.6) is 5.75 Å². The first-order valence-electron chi connectivity index (χ1n) is 13.6. The fraction of sp³-hybridized carbons (Fsp3) is 0.394. The number of nitrogens with zero attached hydrogens (tertiary/aromatic N) is 1. The maximum atomic E-state index is 13.5. The lowest BCUT2D eigenvalue weighted by molar-refractivity contribution is -0.123. The second-order valence-corrected chi connectivity index (χ2v) is 11.1. The molecule has 0 aliphatic carbocycles. The SMILES string of the molecule is COc1ccc(C(C#N)(CCCNC(=O)[C@H](CCSC)NC(c2ccccc2)c2ccccc2)C(C)C)cc1. The predicted octanol–water partition coefficient (Wildman–Crippen LogP) is 6.51. The largest absolute Gasteiger partial charge is 0.497 e. The Bertz CT molecular complexity index is 1140. The molecule has 0 aliphatic heterocycles. The standard InChI is InChI=1S/C33H41N3O2S/c1-25(2)33(24-34,28-16-18-29(38-3)19-17-28)21-11-22-35-32(37)30(20-23-39-4)36-31(26-12-7-5-8-13-26)27-14-9-6-10-15-27/h5-10,12-19,25,30-31,36H,11,20-23H2,1-4H3,(H,35,37)/t30-,33?/m0/s1. The van der Waals surface area contributed by atoms with Gasteiger partial charge in [0.25, 0.3) is 0 Å². The van der Waals surface area contributed by atoms with E-state index in [9.17, 15) is 10.1 Å². The Labute approximate surface area is 238 Å². The summed E-state index contributed by atoms with van der Waals surface area (Å²) >= 11 is 1.74. The molecule has 0 aromatic heterocycles. The summed E-state index contributed by atoms with van der Waals surface area (Å²) in [6.45, 7) is 4.69. The molecule has 1 unspecified atom stereocenters. The molecule has 0 saturated carbocycles. The number of carbonyl (C=O) groups is 1. The van der Waals surface area contributed by atoms with Gasteiger partial charge in [-0.2, -0.15) is 17.0 Å². The summed E-state index contributed by atoms with van der Waals surface area (Å²) in [4.78, 5) is 13.5. The summed E-state index contributed by atoms with van der Waals surface area (Å²) in [5.41, 5.74) is 2.61. The lowest BCUT2D eigenvalue weighted by atomic mass is 9.70. The normalized spacial score (nSPS) is 13.5. The van der Waals surface area contributed by atoms with Gasteiger partial charge in [-0.1, -0.05) is 86.6 Å². The van der Waals surface area contributed by atoms with Gasteiger partial charge in [0.05, 0.1) is 30.7 Å². The molecule has 6 heteroatoms. The molecule has 3 rings (SSSR count). The monoisotopic (exact) mass is 543 g/mol. The Hall–Kier alpha value is -3.27. The van der Waals surface area contributed by atoms with Gasteiger partial charge in [0.1, 0.15) is 5.75 Å². The second kappa shape index (κ2) is 15.4. The number of nitriles is 1. The van der Waals surface area contributed by atoms with E-state index < -0.39 is 5.41 Å². The van der Waals surface area contributed by atoms with Crippen molar-refractivity contribution in [2.45, 2.75) is 50.6 Å². The third kappa shape index (κ3) is 8.11. The van der Waals surface area contributed by atoms with Crippen LogP contribution in [0.2, 0.25) is 0 Å². The molecule has 5 nitrogen and oxygen atoms in total. The van der Waals surface area contributed by atoms with E-state index in [1.165, 1.54) is 0 Å². The zero-order valence-electron chi connectivity index (χ0n) is 23.5. The van der Waals surface area contributed by atoms with Gasteiger partial charge in [-0.3, -0.25) is 10.1 Å². The Morgan fingerprint density at radius 3 is 2.05 bits per heavy atom. The molecule has 1 amide bonds. The van der Waals surface area contributed by atoms with E-state index in [4.69, 9.17) is 4.74 Å². The molecule has 39 heavy (non-hydrogen) atoms. The number of hydrogen-bond donors (Lipinski definition) is 2. The number of hydrogen-bond acceptors (Lipinski definition) is 5. The summed E-state index contributed by atoms with van der Waals surface area (Å²) in [5, 5.41) is 17.1. The minimum Gasteiger partial charge on any atom is -0.497 e. The Morgan fingerprint density at radius 2 is 1.56 bits per heavy atom. The summed E-state index contributed by atoms with van der Waals surface area (Å²) in [6.07, 6.45) is 4.16. The van der Waals surface area contributed by atoms with E-state index in [1.54, 1.807) is 18.9 Å². The van der Waals surface area contributed by atoms with E-state index in [0.717, 1.165) is 34.6 Å². The summed E-state index contributed by atoms with van der Waals surface area (Å²) < 4.78 is 5.30.